The second-order valence-corrected chi connectivity index (χ2v) is 3.98. The van der Waals surface area contributed by atoms with Gasteiger partial charge in [-0.15, -0.1) is 0 Å². The molecule has 0 atom stereocenters. The minimum absolute atomic E-state index is 0.370. The van der Waals surface area contributed by atoms with Gasteiger partial charge in [0.25, 0.3) is 0 Å². The molecule has 3 nitrogen and oxygen atoms in total. The van der Waals surface area contributed by atoms with E-state index in [1.807, 2.05) is 18.0 Å². The van der Waals surface area contributed by atoms with Crippen molar-refractivity contribution in [1.82, 2.24) is 10.2 Å². The first kappa shape index (κ1) is 11.0. The van der Waals surface area contributed by atoms with E-state index in [2.05, 4.69) is 19.2 Å². The summed E-state index contributed by atoms with van der Waals surface area (Å²) in [4.78, 5) is 1.99. The molecule has 0 saturated carbocycles. The number of nitrogens with one attached hydrogen (secondary N) is 1. The highest BCUT2D eigenvalue weighted by Crippen LogP contribution is 2.03. The Hall–Kier alpha value is -1.03. The summed E-state index contributed by atoms with van der Waals surface area (Å²) in [6.45, 7) is 4.91. The zero-order chi connectivity index (χ0) is 10.6. The Morgan fingerprint density at radius 1 is 1.64 bits per heavy atom. The van der Waals surface area contributed by atoms with Crippen molar-refractivity contribution >= 4 is 17.3 Å². The van der Waals surface area contributed by atoms with Gasteiger partial charge in [0, 0.05) is 25.2 Å². The van der Waals surface area contributed by atoms with Crippen molar-refractivity contribution in [3.05, 3.63) is 24.2 Å². The molecule has 0 unspecified atom stereocenters. The second-order valence-electron chi connectivity index (χ2n) is 3.59. The molecule has 1 heterocycles. The molecule has 1 N–H and O–H groups in total. The topological polar surface area (TPSA) is 28.4 Å². The maximum Gasteiger partial charge on any atom is 0.169 e. The zero-order valence-corrected chi connectivity index (χ0v) is 9.60. The molecular formula is C10H16N2OS. The third-order valence-corrected chi connectivity index (χ3v) is 2.19. The molecule has 0 aromatic carbocycles. The van der Waals surface area contributed by atoms with Crippen LogP contribution in [-0.4, -0.2) is 23.1 Å². The Kier molecular flexibility index (Phi) is 3.95. The first-order valence-corrected chi connectivity index (χ1v) is 5.03. The molecule has 4 heteroatoms. The van der Waals surface area contributed by atoms with Crippen molar-refractivity contribution in [1.29, 1.82) is 0 Å². The van der Waals surface area contributed by atoms with Crippen LogP contribution in [-0.2, 0) is 6.54 Å². The van der Waals surface area contributed by atoms with Crippen molar-refractivity contribution in [2.75, 3.05) is 7.05 Å². The fourth-order valence-electron chi connectivity index (χ4n) is 1.09. The number of hydrogen-bond donors (Lipinski definition) is 1. The molecule has 78 valence electrons. The highest BCUT2D eigenvalue weighted by molar-refractivity contribution is 7.80. The highest BCUT2D eigenvalue weighted by Gasteiger charge is 2.06. The standard InChI is InChI=1S/C10H16N2OS/c1-8(2)11-10(14)12(3)6-9-4-5-13-7-9/h4-5,7-8H,6H2,1-3H3,(H,11,14). The molecule has 0 amide bonds. The van der Waals surface area contributed by atoms with Gasteiger partial charge in [-0.2, -0.15) is 0 Å². The Bertz CT molecular complexity index is 282. The van der Waals surface area contributed by atoms with Gasteiger partial charge in [0.2, 0.25) is 0 Å². The van der Waals surface area contributed by atoms with Crippen LogP contribution in [0.2, 0.25) is 0 Å². The molecule has 14 heavy (non-hydrogen) atoms. The summed E-state index contributed by atoms with van der Waals surface area (Å²) in [7, 11) is 1.96. The van der Waals surface area contributed by atoms with Crippen molar-refractivity contribution in [3.8, 4) is 0 Å². The van der Waals surface area contributed by atoms with E-state index in [9.17, 15) is 0 Å². The van der Waals surface area contributed by atoms with Crippen molar-refractivity contribution in [3.63, 3.8) is 0 Å². The molecule has 0 bridgehead atoms. The van der Waals surface area contributed by atoms with Crippen LogP contribution in [0.25, 0.3) is 0 Å². The number of furan rings is 1. The second kappa shape index (κ2) is 5.00. The fraction of sp³-hybridized carbons (Fsp3) is 0.500. The summed E-state index contributed by atoms with van der Waals surface area (Å²) in [6, 6.07) is 2.31. The minimum atomic E-state index is 0.370. The van der Waals surface area contributed by atoms with Crippen LogP contribution in [0, 0.1) is 0 Å². The van der Waals surface area contributed by atoms with E-state index in [0.717, 1.165) is 17.2 Å². The van der Waals surface area contributed by atoms with Gasteiger partial charge in [-0.3, -0.25) is 0 Å². The SMILES string of the molecule is CC(C)NC(=S)N(C)Cc1ccoc1. The van der Waals surface area contributed by atoms with Crippen LogP contribution >= 0.6 is 12.2 Å². The van der Waals surface area contributed by atoms with Crippen molar-refractivity contribution in [2.45, 2.75) is 26.4 Å². The van der Waals surface area contributed by atoms with Crippen molar-refractivity contribution in [2.24, 2.45) is 0 Å². The van der Waals surface area contributed by atoms with E-state index in [1.165, 1.54) is 0 Å². The predicted molar refractivity (Wildman–Crippen MR) is 61.0 cm³/mol. The third-order valence-electron chi connectivity index (χ3n) is 1.76. The summed E-state index contributed by atoms with van der Waals surface area (Å²) in [5, 5.41) is 3.95. The average molecular weight is 212 g/mol. The normalized spacial score (nSPS) is 10.3. The summed E-state index contributed by atoms with van der Waals surface area (Å²) >= 11 is 5.21. The van der Waals surface area contributed by atoms with E-state index in [1.54, 1.807) is 12.5 Å². The van der Waals surface area contributed by atoms with E-state index >= 15 is 0 Å². The molecule has 1 aromatic heterocycles. The minimum Gasteiger partial charge on any atom is -0.472 e. The van der Waals surface area contributed by atoms with E-state index in [0.29, 0.717) is 6.04 Å². The Balaban J connectivity index is 2.42. The maximum absolute atomic E-state index is 5.21. The van der Waals surface area contributed by atoms with Crippen LogP contribution in [0.5, 0.6) is 0 Å². The summed E-state index contributed by atoms with van der Waals surface area (Å²) in [6.07, 6.45) is 3.40. The van der Waals surface area contributed by atoms with Crippen LogP contribution < -0.4 is 5.32 Å². The van der Waals surface area contributed by atoms with Crippen molar-refractivity contribution < 1.29 is 4.42 Å². The summed E-state index contributed by atoms with van der Waals surface area (Å²) < 4.78 is 4.99. The lowest BCUT2D eigenvalue weighted by Crippen LogP contribution is -2.40. The molecule has 1 aromatic rings. The Morgan fingerprint density at radius 3 is 2.86 bits per heavy atom. The van der Waals surface area contributed by atoms with Crippen LogP contribution in [0.3, 0.4) is 0 Å². The van der Waals surface area contributed by atoms with Gasteiger partial charge in [-0.25, -0.2) is 0 Å². The molecule has 1 rings (SSSR count). The monoisotopic (exact) mass is 212 g/mol. The first-order chi connectivity index (χ1) is 6.59. The van der Waals surface area contributed by atoms with Crippen LogP contribution in [0.4, 0.5) is 0 Å². The molecule has 0 spiro atoms. The number of thiocarbonyl (C=S) groups is 1. The molecule has 0 aliphatic carbocycles. The van der Waals surface area contributed by atoms with Gasteiger partial charge in [0.05, 0.1) is 12.5 Å². The van der Waals surface area contributed by atoms with Gasteiger partial charge in [0.1, 0.15) is 0 Å². The summed E-state index contributed by atoms with van der Waals surface area (Å²) in [5.74, 6) is 0. The molecule has 0 fully saturated rings. The number of rotatable bonds is 3. The molecule has 0 aliphatic heterocycles. The molecular weight excluding hydrogens is 196 g/mol. The van der Waals surface area contributed by atoms with Gasteiger partial charge >= 0.3 is 0 Å². The van der Waals surface area contributed by atoms with Gasteiger partial charge in [-0.05, 0) is 32.1 Å². The van der Waals surface area contributed by atoms with Gasteiger partial charge < -0.3 is 14.6 Å². The molecule has 0 saturated heterocycles. The van der Waals surface area contributed by atoms with E-state index < -0.39 is 0 Å². The van der Waals surface area contributed by atoms with Crippen LogP contribution in [0.15, 0.2) is 23.0 Å². The lowest BCUT2D eigenvalue weighted by Gasteiger charge is -2.22. The zero-order valence-electron chi connectivity index (χ0n) is 8.78. The average Bonchev–Trinajstić information content (AvgIpc) is 2.55. The van der Waals surface area contributed by atoms with Crippen LogP contribution in [0.1, 0.15) is 19.4 Å². The van der Waals surface area contributed by atoms with E-state index in [-0.39, 0.29) is 0 Å². The van der Waals surface area contributed by atoms with Gasteiger partial charge in [0.15, 0.2) is 5.11 Å². The Morgan fingerprint density at radius 2 is 2.36 bits per heavy atom. The Labute approximate surface area is 90.1 Å². The maximum atomic E-state index is 5.21. The smallest absolute Gasteiger partial charge is 0.169 e. The van der Waals surface area contributed by atoms with E-state index in [4.69, 9.17) is 16.6 Å². The summed E-state index contributed by atoms with van der Waals surface area (Å²) in [5.41, 5.74) is 1.13. The lowest BCUT2D eigenvalue weighted by molar-refractivity contribution is 0.474. The third kappa shape index (κ3) is 3.38. The highest BCUT2D eigenvalue weighted by atomic mass is 32.1. The predicted octanol–water partition coefficient (Wildman–Crippen LogP) is 1.99. The molecule has 0 radical (unpaired) electrons. The first-order valence-electron chi connectivity index (χ1n) is 4.62. The molecule has 0 aliphatic rings. The largest absolute Gasteiger partial charge is 0.472 e. The fourth-order valence-corrected chi connectivity index (χ4v) is 1.39. The quantitative estimate of drug-likeness (QED) is 0.776. The number of hydrogen-bond acceptors (Lipinski definition) is 2. The lowest BCUT2D eigenvalue weighted by atomic mass is 10.3. The number of nitrogens with zero attached hydrogens (tertiary/aromatic N) is 1. The van der Waals surface area contributed by atoms with Gasteiger partial charge in [-0.1, -0.05) is 0 Å².